The second kappa shape index (κ2) is 6.95. The molecule has 0 unspecified atom stereocenters. The highest BCUT2D eigenvalue weighted by molar-refractivity contribution is 9.10. The molecule has 2 N–H and O–H groups in total. The van der Waals surface area contributed by atoms with Crippen LogP contribution < -0.4 is 10.5 Å². The number of halogens is 1. The van der Waals surface area contributed by atoms with Gasteiger partial charge in [-0.05, 0) is 41.1 Å². The second-order valence-corrected chi connectivity index (χ2v) is 6.53. The number of amides is 1. The van der Waals surface area contributed by atoms with Gasteiger partial charge in [-0.15, -0.1) is 11.3 Å². The average Bonchev–Trinajstić information content (AvgIpc) is 2.83. The Labute approximate surface area is 136 Å². The topological polar surface area (TPSA) is 55.6 Å². The van der Waals surface area contributed by atoms with Crippen LogP contribution in [0.2, 0.25) is 0 Å². The van der Waals surface area contributed by atoms with Crippen molar-refractivity contribution in [2.75, 3.05) is 19.4 Å². The Balaban J connectivity index is 2.14. The highest BCUT2D eigenvalue weighted by Crippen LogP contribution is 2.23. The summed E-state index contributed by atoms with van der Waals surface area (Å²) in [5.41, 5.74) is 6.89. The van der Waals surface area contributed by atoms with E-state index in [1.807, 2.05) is 18.4 Å². The zero-order valence-corrected chi connectivity index (χ0v) is 14.3. The lowest BCUT2D eigenvalue weighted by atomic mass is 10.1. The molecule has 1 heterocycles. The first kappa shape index (κ1) is 15.9. The molecule has 0 saturated heterocycles. The summed E-state index contributed by atoms with van der Waals surface area (Å²) in [6.07, 6.45) is 0. The molecule has 0 radical (unpaired) electrons. The van der Waals surface area contributed by atoms with E-state index >= 15 is 0 Å². The van der Waals surface area contributed by atoms with Crippen LogP contribution >= 0.6 is 27.3 Å². The monoisotopic (exact) mass is 368 g/mol. The molecule has 0 aliphatic rings. The third-order valence-electron chi connectivity index (χ3n) is 2.85. The van der Waals surface area contributed by atoms with Crippen molar-refractivity contribution in [2.45, 2.75) is 13.5 Å². The van der Waals surface area contributed by atoms with Crippen LogP contribution in [0.3, 0.4) is 0 Å². The lowest BCUT2D eigenvalue weighted by Gasteiger charge is -2.17. The summed E-state index contributed by atoms with van der Waals surface area (Å²) in [6.45, 7) is 3.00. The number of nitrogens with zero attached hydrogens (tertiary/aromatic N) is 1. The largest absolute Gasteiger partial charge is 0.494 e. The van der Waals surface area contributed by atoms with Crippen molar-refractivity contribution in [3.63, 3.8) is 0 Å². The van der Waals surface area contributed by atoms with Crippen LogP contribution in [0.1, 0.15) is 22.2 Å². The molecule has 1 aromatic carbocycles. The van der Waals surface area contributed by atoms with Crippen molar-refractivity contribution in [2.24, 2.45) is 0 Å². The summed E-state index contributed by atoms with van der Waals surface area (Å²) in [7, 11) is 1.78. The van der Waals surface area contributed by atoms with Gasteiger partial charge < -0.3 is 15.4 Å². The number of anilines is 1. The van der Waals surface area contributed by atoms with Crippen LogP contribution in [0.4, 0.5) is 5.69 Å². The molecule has 112 valence electrons. The molecule has 0 saturated carbocycles. The average molecular weight is 369 g/mol. The van der Waals surface area contributed by atoms with Gasteiger partial charge in [-0.25, -0.2) is 0 Å². The first-order valence-electron chi connectivity index (χ1n) is 6.51. The number of thiophene rings is 1. The molecule has 6 heteroatoms. The van der Waals surface area contributed by atoms with Crippen molar-refractivity contribution >= 4 is 38.9 Å². The fourth-order valence-electron chi connectivity index (χ4n) is 1.96. The quantitative estimate of drug-likeness (QED) is 0.817. The number of carbonyl (C=O) groups is 1. The SMILES string of the molecule is CCOc1cc(N)cc(C(=O)N(C)Cc2cc(Br)cs2)c1. The summed E-state index contributed by atoms with van der Waals surface area (Å²) in [5.74, 6) is 0.542. The predicted octanol–water partition coefficient (Wildman–Crippen LogP) is 3.76. The summed E-state index contributed by atoms with van der Waals surface area (Å²) in [6, 6.07) is 7.13. The molecule has 0 atom stereocenters. The molecule has 0 aliphatic carbocycles. The molecule has 0 fully saturated rings. The van der Waals surface area contributed by atoms with E-state index in [2.05, 4.69) is 15.9 Å². The van der Waals surface area contributed by atoms with Crippen LogP contribution in [0.25, 0.3) is 0 Å². The van der Waals surface area contributed by atoms with Crippen LogP contribution in [-0.2, 0) is 6.54 Å². The lowest BCUT2D eigenvalue weighted by molar-refractivity contribution is 0.0786. The van der Waals surface area contributed by atoms with Gasteiger partial charge in [-0.3, -0.25) is 4.79 Å². The minimum Gasteiger partial charge on any atom is -0.494 e. The number of benzene rings is 1. The minimum absolute atomic E-state index is 0.0761. The van der Waals surface area contributed by atoms with Crippen LogP contribution in [-0.4, -0.2) is 24.5 Å². The highest BCUT2D eigenvalue weighted by Gasteiger charge is 2.14. The van der Waals surface area contributed by atoms with E-state index in [4.69, 9.17) is 10.5 Å². The van der Waals surface area contributed by atoms with Gasteiger partial charge >= 0.3 is 0 Å². The van der Waals surface area contributed by atoms with Crippen molar-refractivity contribution in [1.29, 1.82) is 0 Å². The normalized spacial score (nSPS) is 10.4. The fourth-order valence-corrected chi connectivity index (χ4v) is 3.46. The second-order valence-electron chi connectivity index (χ2n) is 4.62. The summed E-state index contributed by atoms with van der Waals surface area (Å²) >= 11 is 5.03. The Kier molecular flexibility index (Phi) is 5.25. The van der Waals surface area contributed by atoms with E-state index < -0.39 is 0 Å². The number of hydrogen-bond acceptors (Lipinski definition) is 4. The number of ether oxygens (including phenoxy) is 1. The Morgan fingerprint density at radius 1 is 1.38 bits per heavy atom. The fraction of sp³-hybridized carbons (Fsp3) is 0.267. The van der Waals surface area contributed by atoms with E-state index in [9.17, 15) is 4.79 Å². The smallest absolute Gasteiger partial charge is 0.254 e. The highest BCUT2D eigenvalue weighted by atomic mass is 79.9. The molecule has 0 spiro atoms. The first-order valence-corrected chi connectivity index (χ1v) is 8.18. The van der Waals surface area contributed by atoms with Gasteiger partial charge in [0.2, 0.25) is 0 Å². The molecule has 0 aliphatic heterocycles. The van der Waals surface area contributed by atoms with Gasteiger partial charge in [-0.2, -0.15) is 0 Å². The van der Waals surface area contributed by atoms with Crippen LogP contribution in [0.15, 0.2) is 34.1 Å². The molecule has 1 aromatic heterocycles. The van der Waals surface area contributed by atoms with Gasteiger partial charge in [0, 0.05) is 39.1 Å². The number of nitrogen functional groups attached to an aromatic ring is 1. The van der Waals surface area contributed by atoms with Gasteiger partial charge in [0.25, 0.3) is 5.91 Å². The molecule has 4 nitrogen and oxygen atoms in total. The van der Waals surface area contributed by atoms with E-state index in [-0.39, 0.29) is 5.91 Å². The van der Waals surface area contributed by atoms with E-state index in [0.717, 1.165) is 9.35 Å². The molecule has 2 rings (SSSR count). The summed E-state index contributed by atoms with van der Waals surface area (Å²) in [4.78, 5) is 15.3. The zero-order valence-electron chi connectivity index (χ0n) is 11.9. The maximum Gasteiger partial charge on any atom is 0.254 e. The number of carbonyl (C=O) groups excluding carboxylic acids is 1. The van der Waals surface area contributed by atoms with Gasteiger partial charge in [0.1, 0.15) is 5.75 Å². The van der Waals surface area contributed by atoms with Crippen LogP contribution in [0.5, 0.6) is 5.75 Å². The Morgan fingerprint density at radius 3 is 2.76 bits per heavy atom. The molecule has 0 bridgehead atoms. The van der Waals surface area contributed by atoms with Gasteiger partial charge in [-0.1, -0.05) is 0 Å². The maximum atomic E-state index is 12.5. The third-order valence-corrected chi connectivity index (χ3v) is 4.53. The standard InChI is InChI=1S/C15H17BrN2O2S/c1-3-20-13-5-10(4-12(17)7-13)15(19)18(2)8-14-6-11(16)9-21-14/h4-7,9H,3,8,17H2,1-2H3. The van der Waals surface area contributed by atoms with E-state index in [1.165, 1.54) is 0 Å². The van der Waals surface area contributed by atoms with Crippen molar-refractivity contribution < 1.29 is 9.53 Å². The predicted molar refractivity (Wildman–Crippen MR) is 89.8 cm³/mol. The van der Waals surface area contributed by atoms with Crippen molar-refractivity contribution in [3.05, 3.63) is 44.6 Å². The van der Waals surface area contributed by atoms with Gasteiger partial charge in [0.15, 0.2) is 0 Å². The zero-order chi connectivity index (χ0) is 15.4. The summed E-state index contributed by atoms with van der Waals surface area (Å²) < 4.78 is 6.46. The number of nitrogens with two attached hydrogens (primary N) is 1. The van der Waals surface area contributed by atoms with Crippen molar-refractivity contribution in [1.82, 2.24) is 4.90 Å². The molecule has 21 heavy (non-hydrogen) atoms. The molecule has 1 amide bonds. The summed E-state index contributed by atoms with van der Waals surface area (Å²) in [5, 5.41) is 2.00. The third kappa shape index (κ3) is 4.22. The number of hydrogen-bond donors (Lipinski definition) is 1. The minimum atomic E-state index is -0.0761. The Bertz CT molecular complexity index is 642. The molecule has 2 aromatic rings. The molecular formula is C15H17BrN2O2S. The van der Waals surface area contributed by atoms with Crippen molar-refractivity contribution in [3.8, 4) is 5.75 Å². The first-order chi connectivity index (χ1) is 9.99. The Hall–Kier alpha value is -1.53. The lowest BCUT2D eigenvalue weighted by Crippen LogP contribution is -2.25. The Morgan fingerprint density at radius 2 is 2.14 bits per heavy atom. The van der Waals surface area contributed by atoms with Gasteiger partial charge in [0.05, 0.1) is 13.2 Å². The van der Waals surface area contributed by atoms with E-state index in [1.54, 1.807) is 41.5 Å². The molecular weight excluding hydrogens is 352 g/mol. The van der Waals surface area contributed by atoms with E-state index in [0.29, 0.717) is 30.2 Å². The number of rotatable bonds is 5. The maximum absolute atomic E-state index is 12.5. The van der Waals surface area contributed by atoms with Crippen LogP contribution in [0, 0.1) is 0 Å².